The molecule has 2 aromatic carbocycles. The Morgan fingerprint density at radius 1 is 0.436 bits per heavy atom. The third kappa shape index (κ3) is 8.22. The Bertz CT molecular complexity index is 1110. The molecule has 2 atom stereocenters. The first-order valence-corrected chi connectivity index (χ1v) is 20.1. The average molecular weight is 617 g/mol. The topological polar surface area (TPSA) is 0 Å². The summed E-state index contributed by atoms with van der Waals surface area (Å²) in [4.78, 5) is 0. The number of hydrogen-bond donors (Lipinski definition) is 0. The second-order valence-corrected chi connectivity index (χ2v) is 24.0. The van der Waals surface area contributed by atoms with E-state index in [1.165, 1.54) is 38.7 Å². The summed E-state index contributed by atoms with van der Waals surface area (Å²) in [5.41, 5.74) is 7.43. The number of benzene rings is 2. The van der Waals surface area contributed by atoms with Crippen molar-refractivity contribution in [3.63, 3.8) is 0 Å². The Morgan fingerprint density at radius 2 is 0.692 bits per heavy atom. The summed E-state index contributed by atoms with van der Waals surface area (Å²) in [7, 11) is 0.194. The van der Waals surface area contributed by atoms with Crippen LogP contribution >= 0.6 is 7.14 Å². The van der Waals surface area contributed by atoms with Crippen molar-refractivity contribution in [2.24, 2.45) is 0 Å². The molecule has 0 bridgehead atoms. The van der Waals surface area contributed by atoms with Crippen molar-refractivity contribution in [1.29, 1.82) is 0 Å². The van der Waals surface area contributed by atoms with Gasteiger partial charge in [0.2, 0.25) is 0 Å². The quantitative estimate of drug-likeness (QED) is 0.238. The van der Waals surface area contributed by atoms with E-state index >= 15 is 3.47 Å². The van der Waals surface area contributed by atoms with Gasteiger partial charge in [-0.15, -0.1) is 0 Å². The Labute approximate surface area is 248 Å². The fourth-order valence-electron chi connectivity index (χ4n) is 4.96. The Morgan fingerprint density at radius 3 is 0.923 bits per heavy atom. The molecule has 0 aromatic heterocycles. The zero-order chi connectivity index (χ0) is 30.7. The molecule has 0 amide bonds. The molecule has 220 valence electrons. The first-order chi connectivity index (χ1) is 17.1. The van der Waals surface area contributed by atoms with Crippen molar-refractivity contribution < 1.29 is 3.47 Å². The van der Waals surface area contributed by atoms with E-state index in [2.05, 4.69) is 149 Å². The average Bonchev–Trinajstić information content (AvgIpc) is 2.68. The van der Waals surface area contributed by atoms with Crippen LogP contribution < -0.4 is 9.66 Å². The van der Waals surface area contributed by atoms with Gasteiger partial charge in [-0.3, -0.25) is 0 Å². The van der Waals surface area contributed by atoms with Crippen LogP contribution in [0.5, 0.6) is 0 Å². The van der Waals surface area contributed by atoms with Crippen LogP contribution in [0.2, 0.25) is 0 Å². The van der Waals surface area contributed by atoms with Crippen LogP contribution in [0.25, 0.3) is 0 Å². The van der Waals surface area contributed by atoms with Crippen LogP contribution in [0.15, 0.2) is 24.3 Å². The van der Waals surface area contributed by atoms with Gasteiger partial charge < -0.3 is 0 Å². The van der Waals surface area contributed by atoms with Crippen LogP contribution in [0.4, 0.5) is 3.47 Å². The predicted octanol–water partition coefficient (Wildman–Crippen LogP) is 10.1. The molecule has 0 radical (unpaired) electrons. The van der Waals surface area contributed by atoms with E-state index in [4.69, 9.17) is 0 Å². The summed E-state index contributed by atoms with van der Waals surface area (Å²) >= 11 is -2.96. The van der Waals surface area contributed by atoms with Gasteiger partial charge in [-0.05, 0) is 0 Å². The maximum absolute atomic E-state index is 17.5. The van der Waals surface area contributed by atoms with E-state index in [1.54, 1.807) is 0 Å². The van der Waals surface area contributed by atoms with Gasteiger partial charge in [0.15, 0.2) is 0 Å². The molecule has 2 unspecified atom stereocenters. The second kappa shape index (κ2) is 10.9. The van der Waals surface area contributed by atoms with Crippen LogP contribution in [0.1, 0.15) is 158 Å². The van der Waals surface area contributed by atoms with Crippen molar-refractivity contribution in [1.82, 2.24) is 0 Å². The molecule has 39 heavy (non-hydrogen) atoms. The zero-order valence-corrected chi connectivity index (χ0v) is 31.5. The van der Waals surface area contributed by atoms with E-state index in [9.17, 15) is 0 Å². The third-order valence-corrected chi connectivity index (χ3v) is 14.2. The molecule has 0 heterocycles. The van der Waals surface area contributed by atoms with Crippen LogP contribution in [0, 0.1) is 0 Å². The van der Waals surface area contributed by atoms with Gasteiger partial charge in [-0.2, -0.15) is 0 Å². The molecule has 0 fully saturated rings. The van der Waals surface area contributed by atoms with Crippen LogP contribution in [-0.2, 0) is 32.5 Å². The third-order valence-electron chi connectivity index (χ3n) is 7.62. The first-order valence-electron chi connectivity index (χ1n) is 14.7. The van der Waals surface area contributed by atoms with Crippen molar-refractivity contribution in [3.8, 4) is 0 Å². The summed E-state index contributed by atoms with van der Waals surface area (Å²) < 4.78 is 18.5. The van der Waals surface area contributed by atoms with E-state index in [-0.39, 0.29) is 39.6 Å². The second-order valence-electron chi connectivity index (χ2n) is 17.8. The summed E-state index contributed by atoms with van der Waals surface area (Å²) in [6, 6.07) is 9.48. The van der Waals surface area contributed by atoms with Crippen LogP contribution in [-0.4, -0.2) is 14.7 Å². The van der Waals surface area contributed by atoms with Gasteiger partial charge in [0, 0.05) is 0 Å². The van der Waals surface area contributed by atoms with E-state index < -0.39 is 14.7 Å². The van der Waals surface area contributed by atoms with Gasteiger partial charge in [0.1, 0.15) is 0 Å². The van der Waals surface area contributed by atoms with E-state index in [0.29, 0.717) is 0 Å². The van der Waals surface area contributed by atoms with Gasteiger partial charge in [0.05, 0.1) is 0 Å². The number of rotatable bonds is 3. The van der Waals surface area contributed by atoms with Gasteiger partial charge in [0.25, 0.3) is 0 Å². The molecule has 0 aliphatic rings. The predicted molar refractivity (Wildman–Crippen MR) is 180 cm³/mol. The molecule has 2 aromatic rings. The summed E-state index contributed by atoms with van der Waals surface area (Å²) in [5.74, 6) is 0. The number of halogens is 1. The molecule has 0 saturated carbocycles. The van der Waals surface area contributed by atoms with Gasteiger partial charge in [-0.25, -0.2) is 0 Å². The fraction of sp³-hybridized carbons (Fsp3) is 0.667. The Balaban J connectivity index is 2.99. The Hall–Kier alpha value is -0.642. The van der Waals surface area contributed by atoms with Crippen molar-refractivity contribution >= 4 is 31.5 Å². The minimum atomic E-state index is -2.96. The van der Waals surface area contributed by atoms with Crippen molar-refractivity contribution in [3.05, 3.63) is 57.6 Å². The molecule has 0 N–H and O–H groups in total. The maximum atomic E-state index is 17.5. The van der Waals surface area contributed by atoms with Crippen LogP contribution in [0.3, 0.4) is 0 Å². The molecule has 0 spiro atoms. The molecule has 0 aliphatic carbocycles. The molecule has 0 aliphatic heterocycles. The Kier molecular flexibility index (Phi) is 9.65. The van der Waals surface area contributed by atoms with E-state index in [1.807, 2.05) is 0 Å². The molecule has 3 heteroatoms. The molecule has 0 saturated heterocycles. The summed E-state index contributed by atoms with van der Waals surface area (Å²) in [5, 5.41) is 1.28. The zero-order valence-electron chi connectivity index (χ0n) is 28.6. The monoisotopic (exact) mass is 616 g/mol. The molecular formula is C36H59AsFP. The SMILES string of the molecule is CC(C)(C)c1cc(C(C)(C)C)c(P[As](F)c2c(C(C)(C)C)cc(C(C)(C)C)cc2C(C)(C)C)c(C(C)(C)C)c1. The number of hydrogen-bond acceptors (Lipinski definition) is 0. The van der Waals surface area contributed by atoms with Crippen molar-refractivity contribution in [2.75, 3.05) is 0 Å². The minimum absolute atomic E-state index is 0.0105. The van der Waals surface area contributed by atoms with Gasteiger partial charge >= 0.3 is 250 Å². The summed E-state index contributed by atoms with van der Waals surface area (Å²) in [6.07, 6.45) is 0. The fourth-order valence-corrected chi connectivity index (χ4v) is 13.7. The molecule has 0 nitrogen and oxygen atoms in total. The molecular weight excluding hydrogens is 557 g/mol. The van der Waals surface area contributed by atoms with E-state index in [0.717, 1.165) is 4.35 Å². The first kappa shape index (κ1) is 34.6. The van der Waals surface area contributed by atoms with Crippen molar-refractivity contribution in [2.45, 2.75) is 157 Å². The molecule has 2 rings (SSSR count). The standard InChI is InChI=1S/C36H59AsFP/c1-31(2,3)23-19-25(33(7,8)9)29(26(20-23)34(10,11)12)37(38)39-30-27(35(13,14)15)21-24(32(4,5)6)22-28(30)36(16,17)18/h19-22,39H,1-18H3. The normalized spacial score (nSPS) is 15.4. The summed E-state index contributed by atoms with van der Waals surface area (Å²) in [6.45, 7) is 41.0. The van der Waals surface area contributed by atoms with Gasteiger partial charge in [-0.1, -0.05) is 0 Å².